The summed E-state index contributed by atoms with van der Waals surface area (Å²) in [6.45, 7) is 0.199. The molecular weight excluding hydrogens is 332 g/mol. The van der Waals surface area contributed by atoms with E-state index in [1.807, 2.05) is 0 Å². The van der Waals surface area contributed by atoms with Gasteiger partial charge in [0.2, 0.25) is 0 Å². The number of hydrogen-bond donors (Lipinski definition) is 2. The van der Waals surface area contributed by atoms with Crippen molar-refractivity contribution in [3.05, 3.63) is 28.8 Å². The van der Waals surface area contributed by atoms with Crippen LogP contribution in [-0.2, 0) is 15.8 Å². The summed E-state index contributed by atoms with van der Waals surface area (Å²) in [6, 6.07) is 2.82. The summed E-state index contributed by atoms with van der Waals surface area (Å²) in [5.74, 6) is -1.71. The van der Waals surface area contributed by atoms with Gasteiger partial charge in [0.1, 0.15) is 0 Å². The van der Waals surface area contributed by atoms with Crippen LogP contribution in [0.2, 0.25) is 5.02 Å². The number of alkyl halides is 4. The highest BCUT2D eigenvalue weighted by Crippen LogP contribution is 2.36. The molecule has 2 N–H and O–H groups in total. The molecule has 1 rings (SSSR count). The molecule has 0 bridgehead atoms. The first-order chi connectivity index (χ1) is 9.75. The fraction of sp³-hybridized carbons (Fsp3) is 0.333. The molecule has 0 unspecified atom stereocenters. The lowest BCUT2D eigenvalue weighted by Gasteiger charge is -2.11. The van der Waals surface area contributed by atoms with Crippen molar-refractivity contribution in [3.63, 3.8) is 0 Å². The molecule has 9 heteroatoms. The molecule has 116 valence electrons. The molecule has 0 aliphatic carbocycles. The average molecular weight is 343 g/mol. The summed E-state index contributed by atoms with van der Waals surface area (Å²) in [4.78, 5) is 22.8. The fourth-order valence-corrected chi connectivity index (χ4v) is 1.72. The van der Waals surface area contributed by atoms with Crippen LogP contribution in [0.3, 0.4) is 0 Å². The molecule has 4 nitrogen and oxygen atoms in total. The maximum Gasteiger partial charge on any atom is 0.417 e. The van der Waals surface area contributed by atoms with E-state index in [9.17, 15) is 22.8 Å². The van der Waals surface area contributed by atoms with E-state index >= 15 is 0 Å². The number of rotatable bonds is 4. The zero-order valence-corrected chi connectivity index (χ0v) is 12.1. The third-order valence-corrected chi connectivity index (χ3v) is 2.93. The van der Waals surface area contributed by atoms with Crippen LogP contribution in [0.1, 0.15) is 12.0 Å². The second kappa shape index (κ2) is 7.51. The highest BCUT2D eigenvalue weighted by molar-refractivity contribution is 6.39. The van der Waals surface area contributed by atoms with E-state index in [1.54, 1.807) is 0 Å². The summed E-state index contributed by atoms with van der Waals surface area (Å²) < 4.78 is 37.9. The van der Waals surface area contributed by atoms with Gasteiger partial charge in [-0.15, -0.1) is 11.6 Å². The minimum atomic E-state index is -4.65. The van der Waals surface area contributed by atoms with Gasteiger partial charge in [-0.05, 0) is 24.6 Å². The monoisotopic (exact) mass is 342 g/mol. The van der Waals surface area contributed by atoms with Crippen molar-refractivity contribution in [2.75, 3.05) is 17.7 Å². The predicted octanol–water partition coefficient (Wildman–Crippen LogP) is 3.04. The zero-order chi connectivity index (χ0) is 16.0. The van der Waals surface area contributed by atoms with Gasteiger partial charge in [-0.2, -0.15) is 13.2 Å². The summed E-state index contributed by atoms with van der Waals surface area (Å²) >= 11 is 10.8. The van der Waals surface area contributed by atoms with Gasteiger partial charge in [-0.3, -0.25) is 9.59 Å². The Morgan fingerprint density at radius 1 is 1.19 bits per heavy atom. The molecule has 1 aromatic carbocycles. The average Bonchev–Trinajstić information content (AvgIpc) is 2.39. The zero-order valence-electron chi connectivity index (χ0n) is 10.6. The molecule has 1 aromatic rings. The molecule has 0 aliphatic rings. The van der Waals surface area contributed by atoms with E-state index in [0.29, 0.717) is 18.4 Å². The molecule has 0 spiro atoms. The van der Waals surface area contributed by atoms with Crippen molar-refractivity contribution in [3.8, 4) is 0 Å². The molecule has 21 heavy (non-hydrogen) atoms. The highest BCUT2D eigenvalue weighted by Gasteiger charge is 2.33. The third kappa shape index (κ3) is 5.43. The van der Waals surface area contributed by atoms with E-state index in [0.717, 1.165) is 6.07 Å². The summed E-state index contributed by atoms with van der Waals surface area (Å²) in [6.07, 6.45) is -4.18. The second-order valence-corrected chi connectivity index (χ2v) is 4.73. The number of carbonyl (C=O) groups is 2. The SMILES string of the molecule is O=C(NCCCCl)C(=O)Nc1ccc(Cl)c(C(F)(F)F)c1. The Balaban J connectivity index is 2.75. The highest BCUT2D eigenvalue weighted by atomic mass is 35.5. The predicted molar refractivity (Wildman–Crippen MR) is 73.4 cm³/mol. The molecule has 0 saturated carbocycles. The molecule has 0 aliphatic heterocycles. The first-order valence-electron chi connectivity index (χ1n) is 5.77. The second-order valence-electron chi connectivity index (χ2n) is 3.94. The Kier molecular flexibility index (Phi) is 6.29. The number of hydrogen-bond acceptors (Lipinski definition) is 2. The van der Waals surface area contributed by atoms with E-state index in [-0.39, 0.29) is 12.2 Å². The van der Waals surface area contributed by atoms with Gasteiger partial charge >= 0.3 is 18.0 Å². The van der Waals surface area contributed by atoms with Crippen LogP contribution in [-0.4, -0.2) is 24.2 Å². The maximum atomic E-state index is 12.6. The Morgan fingerprint density at radius 2 is 1.86 bits per heavy atom. The van der Waals surface area contributed by atoms with Crippen LogP contribution in [0, 0.1) is 0 Å². The Morgan fingerprint density at radius 3 is 2.43 bits per heavy atom. The first-order valence-corrected chi connectivity index (χ1v) is 6.69. The van der Waals surface area contributed by atoms with E-state index in [1.165, 1.54) is 6.07 Å². The smallest absolute Gasteiger partial charge is 0.348 e. The molecular formula is C12H11Cl2F3N2O2. The van der Waals surface area contributed by atoms with Crippen LogP contribution in [0.5, 0.6) is 0 Å². The Labute approximate surface area is 128 Å². The van der Waals surface area contributed by atoms with E-state index < -0.39 is 28.6 Å². The van der Waals surface area contributed by atoms with Crippen LogP contribution in [0.25, 0.3) is 0 Å². The van der Waals surface area contributed by atoms with Gasteiger partial charge in [0.05, 0.1) is 10.6 Å². The third-order valence-electron chi connectivity index (χ3n) is 2.33. The van der Waals surface area contributed by atoms with Gasteiger partial charge < -0.3 is 10.6 Å². The largest absolute Gasteiger partial charge is 0.417 e. The molecule has 0 heterocycles. The van der Waals surface area contributed by atoms with Gasteiger partial charge in [0.15, 0.2) is 0 Å². The van der Waals surface area contributed by atoms with Crippen molar-refractivity contribution in [2.24, 2.45) is 0 Å². The summed E-state index contributed by atoms with van der Waals surface area (Å²) in [5.41, 5.74) is -1.27. The number of carbonyl (C=O) groups excluding carboxylic acids is 2. The number of benzene rings is 1. The minimum Gasteiger partial charge on any atom is -0.348 e. The lowest BCUT2D eigenvalue weighted by molar-refractivity contribution is -0.137. The maximum absolute atomic E-state index is 12.6. The van der Waals surface area contributed by atoms with Crippen molar-refractivity contribution < 1.29 is 22.8 Å². The quantitative estimate of drug-likeness (QED) is 0.502. The summed E-state index contributed by atoms with van der Waals surface area (Å²) in [5, 5.41) is 3.85. The van der Waals surface area contributed by atoms with E-state index in [4.69, 9.17) is 23.2 Å². The molecule has 0 aromatic heterocycles. The first kappa shape index (κ1) is 17.6. The Bertz CT molecular complexity index is 536. The van der Waals surface area contributed by atoms with E-state index in [2.05, 4.69) is 10.6 Å². The van der Waals surface area contributed by atoms with Crippen LogP contribution in [0.4, 0.5) is 18.9 Å². The van der Waals surface area contributed by atoms with Crippen molar-refractivity contribution in [2.45, 2.75) is 12.6 Å². The topological polar surface area (TPSA) is 58.2 Å². The van der Waals surface area contributed by atoms with Crippen molar-refractivity contribution in [1.29, 1.82) is 0 Å². The number of halogens is 5. The molecule has 0 radical (unpaired) electrons. The van der Waals surface area contributed by atoms with Gasteiger partial charge in [0.25, 0.3) is 0 Å². The van der Waals surface area contributed by atoms with Crippen molar-refractivity contribution in [1.82, 2.24) is 5.32 Å². The van der Waals surface area contributed by atoms with Gasteiger partial charge in [-0.25, -0.2) is 0 Å². The van der Waals surface area contributed by atoms with Crippen LogP contribution >= 0.6 is 23.2 Å². The minimum absolute atomic E-state index is 0.177. The number of anilines is 1. The van der Waals surface area contributed by atoms with Gasteiger partial charge in [-0.1, -0.05) is 11.6 Å². The Hall–Kier alpha value is -1.47. The molecule has 0 fully saturated rings. The van der Waals surface area contributed by atoms with Crippen LogP contribution in [0.15, 0.2) is 18.2 Å². The van der Waals surface area contributed by atoms with Crippen LogP contribution < -0.4 is 10.6 Å². The lowest BCUT2D eigenvalue weighted by atomic mass is 10.2. The molecule has 0 atom stereocenters. The lowest BCUT2D eigenvalue weighted by Crippen LogP contribution is -2.36. The van der Waals surface area contributed by atoms with Crippen molar-refractivity contribution >= 4 is 40.7 Å². The van der Waals surface area contributed by atoms with Gasteiger partial charge in [0, 0.05) is 18.1 Å². The number of nitrogens with one attached hydrogen (secondary N) is 2. The number of amides is 2. The normalized spacial score (nSPS) is 11.1. The molecule has 0 saturated heterocycles. The standard InChI is InChI=1S/C12H11Cl2F3N2O2/c13-4-1-5-18-10(20)11(21)19-7-2-3-9(14)8(6-7)12(15,16)17/h2-3,6H,1,4-5H2,(H,18,20)(H,19,21). The summed E-state index contributed by atoms with van der Waals surface area (Å²) in [7, 11) is 0. The molecule has 2 amide bonds. The fourth-order valence-electron chi connectivity index (χ4n) is 1.36.